The normalized spacial score (nSPS) is 12.7. The van der Waals surface area contributed by atoms with Gasteiger partial charge in [0, 0.05) is 20.2 Å². The van der Waals surface area contributed by atoms with Crippen LogP contribution < -0.4 is 19.5 Å². The van der Waals surface area contributed by atoms with E-state index >= 15 is 0 Å². The van der Waals surface area contributed by atoms with Gasteiger partial charge in [0.15, 0.2) is 18.1 Å². The van der Waals surface area contributed by atoms with Gasteiger partial charge in [-0.25, -0.2) is 17.5 Å². The Kier molecular flexibility index (Phi) is 7.22. The smallest absolute Gasteiger partial charge is 0.345 e. The molecule has 0 bridgehead atoms. The number of ether oxygens (including phenoxy) is 4. The molecular weight excluding hydrogens is 474 g/mol. The van der Waals surface area contributed by atoms with Gasteiger partial charge in [0.25, 0.3) is 11.6 Å². The summed E-state index contributed by atoms with van der Waals surface area (Å²) in [5.74, 6) is -1.54. The Bertz CT molecular complexity index is 1240. The van der Waals surface area contributed by atoms with Crippen molar-refractivity contribution in [3.63, 3.8) is 0 Å². The van der Waals surface area contributed by atoms with Gasteiger partial charge in [-0.2, -0.15) is 0 Å². The fourth-order valence-electron chi connectivity index (χ4n) is 2.94. The quantitative estimate of drug-likeness (QED) is 0.322. The number of fused-ring (bicyclic) bond motifs is 1. The Morgan fingerprint density at radius 1 is 1.15 bits per heavy atom. The first-order chi connectivity index (χ1) is 16.0. The molecule has 13 nitrogen and oxygen atoms in total. The third-order valence-electron chi connectivity index (χ3n) is 4.64. The number of hydrogen-bond donors (Lipinski definition) is 1. The van der Waals surface area contributed by atoms with Crippen molar-refractivity contribution in [1.29, 1.82) is 0 Å². The average Bonchev–Trinajstić information content (AvgIpc) is 2.81. The lowest BCUT2D eigenvalue weighted by Crippen LogP contribution is -2.24. The van der Waals surface area contributed by atoms with Gasteiger partial charge in [0.05, 0.1) is 28.7 Å². The number of nitro groups is 1. The summed E-state index contributed by atoms with van der Waals surface area (Å²) in [6, 6.07) is 6.03. The number of amides is 1. The van der Waals surface area contributed by atoms with Gasteiger partial charge in [-0.1, -0.05) is 0 Å². The first-order valence-electron chi connectivity index (χ1n) is 9.70. The standard InChI is InChI=1S/C20H21N3O10S/c1-22(2)34(28,29)12-4-5-16(30-3)14(8-12)21-19(24)11-33-20(25)13-9-17-18(32-7-6-31-17)10-15(13)23(26)27/h4-5,8-10H,6-7,11H2,1-3H3,(H,21,24). The van der Waals surface area contributed by atoms with Crippen LogP contribution in [0.2, 0.25) is 0 Å². The second-order valence-corrected chi connectivity index (χ2v) is 9.20. The summed E-state index contributed by atoms with van der Waals surface area (Å²) in [5, 5.41) is 13.8. The van der Waals surface area contributed by atoms with Gasteiger partial charge in [-0.15, -0.1) is 0 Å². The molecular formula is C20H21N3O10S. The lowest BCUT2D eigenvalue weighted by Gasteiger charge is -2.18. The molecule has 0 saturated carbocycles. The highest BCUT2D eigenvalue weighted by Gasteiger charge is 2.28. The first-order valence-corrected chi connectivity index (χ1v) is 11.1. The lowest BCUT2D eigenvalue weighted by atomic mass is 10.1. The Balaban J connectivity index is 1.76. The zero-order valence-electron chi connectivity index (χ0n) is 18.4. The topological polar surface area (TPSA) is 164 Å². The molecule has 2 aromatic rings. The van der Waals surface area contributed by atoms with E-state index in [0.29, 0.717) is 0 Å². The number of esters is 1. The van der Waals surface area contributed by atoms with E-state index in [1.807, 2.05) is 0 Å². The first kappa shape index (κ1) is 24.7. The predicted molar refractivity (Wildman–Crippen MR) is 117 cm³/mol. The van der Waals surface area contributed by atoms with Gasteiger partial charge < -0.3 is 24.3 Å². The van der Waals surface area contributed by atoms with Crippen LogP contribution in [0.5, 0.6) is 17.2 Å². The van der Waals surface area contributed by atoms with E-state index in [4.69, 9.17) is 18.9 Å². The highest BCUT2D eigenvalue weighted by Crippen LogP contribution is 2.37. The van der Waals surface area contributed by atoms with Crippen LogP contribution in [0.3, 0.4) is 0 Å². The molecule has 34 heavy (non-hydrogen) atoms. The molecule has 0 aromatic heterocycles. The number of hydrogen-bond acceptors (Lipinski definition) is 10. The van der Waals surface area contributed by atoms with Crippen molar-refractivity contribution in [2.45, 2.75) is 4.90 Å². The van der Waals surface area contributed by atoms with Crippen LogP contribution in [0.1, 0.15) is 10.4 Å². The number of rotatable bonds is 8. The van der Waals surface area contributed by atoms with Crippen molar-refractivity contribution >= 4 is 33.3 Å². The van der Waals surface area contributed by atoms with Crippen molar-refractivity contribution in [3.05, 3.63) is 46.0 Å². The number of carbonyl (C=O) groups excluding carboxylic acids is 2. The Morgan fingerprint density at radius 3 is 2.38 bits per heavy atom. The summed E-state index contributed by atoms with van der Waals surface area (Å²) in [5.41, 5.74) is -0.964. The number of benzene rings is 2. The molecule has 3 rings (SSSR count). The summed E-state index contributed by atoms with van der Waals surface area (Å²) in [6.45, 7) is -0.404. The molecule has 0 unspecified atom stereocenters. The molecule has 182 valence electrons. The van der Waals surface area contributed by atoms with E-state index in [0.717, 1.165) is 16.4 Å². The second kappa shape index (κ2) is 9.93. The van der Waals surface area contributed by atoms with E-state index in [9.17, 15) is 28.1 Å². The van der Waals surface area contributed by atoms with Crippen molar-refractivity contribution in [2.75, 3.05) is 46.3 Å². The third-order valence-corrected chi connectivity index (χ3v) is 6.45. The number of methoxy groups -OCH3 is 1. The third kappa shape index (κ3) is 5.18. The summed E-state index contributed by atoms with van der Waals surface area (Å²) in [6.07, 6.45) is 0. The Hall–Kier alpha value is -3.91. The summed E-state index contributed by atoms with van der Waals surface area (Å²) in [7, 11) is 0.249. The minimum Gasteiger partial charge on any atom is -0.495 e. The summed E-state index contributed by atoms with van der Waals surface area (Å²) < 4.78 is 46.4. The van der Waals surface area contributed by atoms with Crippen molar-refractivity contribution in [3.8, 4) is 17.2 Å². The zero-order chi connectivity index (χ0) is 25.0. The monoisotopic (exact) mass is 495 g/mol. The van der Waals surface area contributed by atoms with Crippen molar-refractivity contribution in [2.24, 2.45) is 0 Å². The van der Waals surface area contributed by atoms with E-state index < -0.39 is 44.7 Å². The number of anilines is 1. The number of nitrogens with zero attached hydrogens (tertiary/aromatic N) is 2. The Morgan fingerprint density at radius 2 is 1.79 bits per heavy atom. The highest BCUT2D eigenvalue weighted by molar-refractivity contribution is 7.89. The van der Waals surface area contributed by atoms with Crippen LogP contribution in [-0.2, 0) is 19.6 Å². The number of carbonyl (C=O) groups is 2. The minimum atomic E-state index is -3.79. The molecule has 0 saturated heterocycles. The molecule has 0 atom stereocenters. The van der Waals surface area contributed by atoms with Crippen molar-refractivity contribution in [1.82, 2.24) is 4.31 Å². The highest BCUT2D eigenvalue weighted by atomic mass is 32.2. The van der Waals surface area contributed by atoms with Gasteiger partial charge in [0.2, 0.25) is 10.0 Å². The summed E-state index contributed by atoms with van der Waals surface area (Å²) in [4.78, 5) is 35.4. The average molecular weight is 495 g/mol. The van der Waals surface area contributed by atoms with Gasteiger partial charge in [-0.05, 0) is 18.2 Å². The maximum Gasteiger partial charge on any atom is 0.345 e. The predicted octanol–water partition coefficient (Wildman–Crippen LogP) is 1.42. The molecule has 2 aromatic carbocycles. The largest absolute Gasteiger partial charge is 0.495 e. The van der Waals surface area contributed by atoms with Crippen LogP contribution in [0.4, 0.5) is 11.4 Å². The van der Waals surface area contributed by atoms with Crippen LogP contribution >= 0.6 is 0 Å². The molecule has 1 aliphatic heterocycles. The zero-order valence-corrected chi connectivity index (χ0v) is 19.2. The number of nitro benzene ring substituents is 1. The Labute approximate surface area is 194 Å². The maximum atomic E-state index is 12.5. The molecule has 0 spiro atoms. The van der Waals surface area contributed by atoms with E-state index in [1.165, 1.54) is 39.4 Å². The fraction of sp³-hybridized carbons (Fsp3) is 0.300. The molecule has 0 radical (unpaired) electrons. The molecule has 0 aliphatic carbocycles. The van der Waals surface area contributed by atoms with Gasteiger partial charge in [0.1, 0.15) is 24.5 Å². The van der Waals surface area contributed by atoms with Gasteiger partial charge in [-0.3, -0.25) is 14.9 Å². The van der Waals surface area contributed by atoms with Crippen LogP contribution in [0.25, 0.3) is 0 Å². The van der Waals surface area contributed by atoms with E-state index in [2.05, 4.69) is 5.32 Å². The molecule has 1 N–H and O–H groups in total. The molecule has 1 heterocycles. The van der Waals surface area contributed by atoms with Crippen LogP contribution in [-0.4, -0.2) is 70.5 Å². The lowest BCUT2D eigenvalue weighted by molar-refractivity contribution is -0.385. The van der Waals surface area contributed by atoms with Gasteiger partial charge >= 0.3 is 5.97 Å². The SMILES string of the molecule is COc1ccc(S(=O)(=O)N(C)C)cc1NC(=O)COC(=O)c1cc2c(cc1[N+](=O)[O-])OCCO2. The molecule has 0 fully saturated rings. The van der Waals surface area contributed by atoms with E-state index in [-0.39, 0.29) is 41.0 Å². The number of nitrogens with one attached hydrogen (secondary N) is 1. The van der Waals surface area contributed by atoms with Crippen LogP contribution in [0, 0.1) is 10.1 Å². The minimum absolute atomic E-state index is 0.0248. The van der Waals surface area contributed by atoms with E-state index in [1.54, 1.807) is 0 Å². The summed E-state index contributed by atoms with van der Waals surface area (Å²) >= 11 is 0. The maximum absolute atomic E-state index is 12.5. The fourth-order valence-corrected chi connectivity index (χ4v) is 3.87. The van der Waals surface area contributed by atoms with Crippen molar-refractivity contribution < 1.29 is 41.9 Å². The number of sulfonamides is 1. The van der Waals surface area contributed by atoms with Crippen LogP contribution in [0.15, 0.2) is 35.2 Å². The molecule has 1 amide bonds. The second-order valence-electron chi connectivity index (χ2n) is 7.04. The molecule has 1 aliphatic rings. The molecule has 14 heteroatoms.